The third-order valence-electron chi connectivity index (χ3n) is 5.12. The molecule has 4 aromatic rings. The zero-order chi connectivity index (χ0) is 29.4. The number of halogens is 5. The Labute approximate surface area is 233 Å². The number of aromatic hydroxyl groups is 1. The summed E-state index contributed by atoms with van der Waals surface area (Å²) in [7, 11) is 1.61. The summed E-state index contributed by atoms with van der Waals surface area (Å²) in [6.07, 6.45) is -1.14. The van der Waals surface area contributed by atoms with Crippen molar-refractivity contribution in [1.82, 2.24) is 15.3 Å². The fraction of sp³-hybridized carbons (Fsp3) is 0.115. The van der Waals surface area contributed by atoms with Crippen LogP contribution >= 0.6 is 22.9 Å². The van der Waals surface area contributed by atoms with E-state index in [0.29, 0.717) is 27.4 Å². The van der Waals surface area contributed by atoms with Crippen LogP contribution < -0.4 is 10.6 Å². The molecule has 2 aromatic heterocycles. The molecule has 0 unspecified atom stereocenters. The number of nitrogens with one attached hydrogen (secondary N) is 2. The first-order valence-electron chi connectivity index (χ1n) is 11.1. The first-order chi connectivity index (χ1) is 19.0. The van der Waals surface area contributed by atoms with Gasteiger partial charge in [-0.25, -0.2) is 9.37 Å². The quantitative estimate of drug-likeness (QED) is 0.183. The number of carbonyl (C=O) groups excluding carboxylic acids is 2. The Balaban J connectivity index is 0.000000336. The number of amides is 1. The number of aldehydes is 1. The summed E-state index contributed by atoms with van der Waals surface area (Å²) < 4.78 is 51.8. The largest absolute Gasteiger partial charge is 0.504 e. The number of nitriles is 1. The summed E-state index contributed by atoms with van der Waals surface area (Å²) in [6, 6.07) is 10.7. The SMILES string of the molecule is CNc1sc(-c2cncc(C#N)c2)nc1C(=O)NCc1ccccc1C(F)(F)F.O=Cc1cc(F)c(O)c(Cl)c1. The van der Waals surface area contributed by atoms with Crippen molar-refractivity contribution in [2.24, 2.45) is 0 Å². The van der Waals surface area contributed by atoms with E-state index in [4.69, 9.17) is 22.0 Å². The number of benzene rings is 2. The third-order valence-corrected chi connectivity index (χ3v) is 6.53. The third kappa shape index (κ3) is 7.31. The molecule has 0 aliphatic carbocycles. The number of anilines is 1. The van der Waals surface area contributed by atoms with E-state index in [2.05, 4.69) is 20.6 Å². The van der Waals surface area contributed by atoms with Gasteiger partial charge in [-0.3, -0.25) is 14.6 Å². The lowest BCUT2D eigenvalue weighted by Crippen LogP contribution is -2.25. The minimum Gasteiger partial charge on any atom is -0.504 e. The fourth-order valence-corrected chi connectivity index (χ4v) is 4.36. The summed E-state index contributed by atoms with van der Waals surface area (Å²) >= 11 is 6.53. The van der Waals surface area contributed by atoms with Gasteiger partial charge in [0.25, 0.3) is 5.91 Å². The molecular formula is C26H18ClF4N5O3S. The molecule has 0 bridgehead atoms. The molecule has 3 N–H and O–H groups in total. The standard InChI is InChI=1S/C19H14F3N5OS.C7H4ClFO2/c1-24-18-15(27-17(29-18)13-6-11(7-23)8-25-9-13)16(28)26-10-12-4-2-3-5-14(12)19(20,21)22;8-5-1-4(3-10)2-6(9)7(5)11/h2-6,8-9,24H,10H2,1H3,(H,26,28);1-3,11H. The summed E-state index contributed by atoms with van der Waals surface area (Å²) in [5.41, 5.74) is 0.225. The normalized spacial score (nSPS) is 10.6. The predicted octanol–water partition coefficient (Wildman–Crippen LogP) is 6.06. The van der Waals surface area contributed by atoms with Crippen LogP contribution in [0.3, 0.4) is 0 Å². The Kier molecular flexibility index (Phi) is 9.76. The van der Waals surface area contributed by atoms with Crippen LogP contribution in [0.15, 0.2) is 54.9 Å². The van der Waals surface area contributed by atoms with Crippen molar-refractivity contribution < 1.29 is 32.3 Å². The summed E-state index contributed by atoms with van der Waals surface area (Å²) in [4.78, 5) is 30.9. The van der Waals surface area contributed by atoms with Gasteiger partial charge >= 0.3 is 6.18 Å². The molecular weight excluding hydrogens is 574 g/mol. The average molecular weight is 592 g/mol. The highest BCUT2D eigenvalue weighted by atomic mass is 35.5. The van der Waals surface area contributed by atoms with E-state index in [1.807, 2.05) is 6.07 Å². The highest BCUT2D eigenvalue weighted by Gasteiger charge is 2.33. The topological polar surface area (TPSA) is 128 Å². The van der Waals surface area contributed by atoms with Gasteiger partial charge in [-0.2, -0.15) is 18.4 Å². The monoisotopic (exact) mass is 591 g/mol. The number of phenols is 1. The zero-order valence-corrected chi connectivity index (χ0v) is 22.0. The number of hydrogen-bond acceptors (Lipinski definition) is 8. The molecule has 0 fully saturated rings. The summed E-state index contributed by atoms with van der Waals surface area (Å²) in [5, 5.41) is 23.9. The molecule has 0 saturated carbocycles. The molecule has 4 rings (SSSR count). The van der Waals surface area contributed by atoms with Crippen molar-refractivity contribution in [3.63, 3.8) is 0 Å². The van der Waals surface area contributed by atoms with E-state index in [1.54, 1.807) is 13.1 Å². The second-order valence-corrected chi connectivity index (χ2v) is 9.22. The number of alkyl halides is 3. The van der Waals surface area contributed by atoms with Crippen molar-refractivity contribution >= 4 is 40.1 Å². The highest BCUT2D eigenvalue weighted by molar-refractivity contribution is 7.19. The molecule has 40 heavy (non-hydrogen) atoms. The molecule has 2 aromatic carbocycles. The van der Waals surface area contributed by atoms with E-state index in [1.165, 1.54) is 48.0 Å². The number of rotatable bonds is 6. The number of phenolic OH excluding ortho intramolecular Hbond substituents is 1. The van der Waals surface area contributed by atoms with Crippen molar-refractivity contribution in [3.05, 3.63) is 93.6 Å². The lowest BCUT2D eigenvalue weighted by Gasteiger charge is -2.13. The molecule has 0 aliphatic heterocycles. The van der Waals surface area contributed by atoms with Gasteiger partial charge in [0.1, 0.15) is 22.4 Å². The molecule has 14 heteroatoms. The Morgan fingerprint density at radius 3 is 2.58 bits per heavy atom. The smallest absolute Gasteiger partial charge is 0.416 e. The van der Waals surface area contributed by atoms with Crippen LogP contribution in [-0.4, -0.2) is 34.3 Å². The Morgan fingerprint density at radius 1 is 1.23 bits per heavy atom. The number of carbonyl (C=O) groups is 2. The predicted molar refractivity (Wildman–Crippen MR) is 141 cm³/mol. The minimum absolute atomic E-state index is 0.0410. The van der Waals surface area contributed by atoms with Gasteiger partial charge in [-0.05, 0) is 29.8 Å². The second-order valence-electron chi connectivity index (χ2n) is 7.81. The van der Waals surface area contributed by atoms with Gasteiger partial charge in [-0.15, -0.1) is 0 Å². The Hall–Kier alpha value is -4.54. The van der Waals surface area contributed by atoms with Crippen molar-refractivity contribution in [1.29, 1.82) is 5.26 Å². The van der Waals surface area contributed by atoms with Crippen LogP contribution in [0.25, 0.3) is 10.6 Å². The Morgan fingerprint density at radius 2 is 1.95 bits per heavy atom. The van der Waals surface area contributed by atoms with Crippen LogP contribution in [0.4, 0.5) is 22.6 Å². The molecule has 0 atom stereocenters. The van der Waals surface area contributed by atoms with Gasteiger partial charge in [0.15, 0.2) is 17.3 Å². The summed E-state index contributed by atoms with van der Waals surface area (Å²) in [5.74, 6) is -2.13. The summed E-state index contributed by atoms with van der Waals surface area (Å²) in [6.45, 7) is -0.296. The molecule has 206 valence electrons. The number of pyridine rings is 1. The van der Waals surface area contributed by atoms with Gasteiger partial charge in [0.2, 0.25) is 0 Å². The lowest BCUT2D eigenvalue weighted by molar-refractivity contribution is -0.138. The van der Waals surface area contributed by atoms with Gasteiger partial charge in [0, 0.05) is 37.1 Å². The maximum atomic E-state index is 13.1. The Bertz CT molecular complexity index is 1560. The maximum Gasteiger partial charge on any atom is 0.416 e. The van der Waals surface area contributed by atoms with Crippen LogP contribution in [0.5, 0.6) is 5.75 Å². The molecule has 0 aliphatic rings. The first-order valence-corrected chi connectivity index (χ1v) is 12.3. The van der Waals surface area contributed by atoms with E-state index in [9.17, 15) is 27.2 Å². The van der Waals surface area contributed by atoms with Crippen molar-refractivity contribution in [2.45, 2.75) is 12.7 Å². The van der Waals surface area contributed by atoms with Crippen molar-refractivity contribution in [2.75, 3.05) is 12.4 Å². The van der Waals surface area contributed by atoms with Gasteiger partial charge in [0.05, 0.1) is 16.1 Å². The average Bonchev–Trinajstić information content (AvgIpc) is 3.39. The molecule has 1 amide bonds. The van der Waals surface area contributed by atoms with E-state index < -0.39 is 29.2 Å². The number of nitrogens with zero attached hydrogens (tertiary/aromatic N) is 3. The van der Waals surface area contributed by atoms with E-state index in [-0.39, 0.29) is 28.4 Å². The van der Waals surface area contributed by atoms with Crippen LogP contribution in [0.1, 0.15) is 37.5 Å². The molecule has 0 radical (unpaired) electrons. The zero-order valence-electron chi connectivity index (χ0n) is 20.4. The minimum atomic E-state index is -4.51. The van der Waals surface area contributed by atoms with Gasteiger partial charge < -0.3 is 15.7 Å². The van der Waals surface area contributed by atoms with Crippen LogP contribution in [-0.2, 0) is 12.7 Å². The maximum absolute atomic E-state index is 13.1. The first kappa shape index (κ1) is 30.0. The van der Waals surface area contributed by atoms with Crippen molar-refractivity contribution in [3.8, 4) is 22.4 Å². The molecule has 8 nitrogen and oxygen atoms in total. The number of aromatic nitrogens is 2. The van der Waals surface area contributed by atoms with E-state index >= 15 is 0 Å². The number of thiazole rings is 1. The fourth-order valence-electron chi connectivity index (χ4n) is 3.25. The van der Waals surface area contributed by atoms with E-state index in [0.717, 1.165) is 12.1 Å². The molecule has 2 heterocycles. The van der Waals surface area contributed by atoms with Crippen LogP contribution in [0.2, 0.25) is 5.02 Å². The van der Waals surface area contributed by atoms with Gasteiger partial charge in [-0.1, -0.05) is 41.1 Å². The second kappa shape index (κ2) is 13.0. The van der Waals surface area contributed by atoms with Crippen LogP contribution in [0, 0.1) is 17.1 Å². The molecule has 0 spiro atoms. The highest BCUT2D eigenvalue weighted by Crippen LogP contribution is 2.33. The molecule has 0 saturated heterocycles. The lowest BCUT2D eigenvalue weighted by atomic mass is 10.1. The number of hydrogen-bond donors (Lipinski definition) is 3.